The number of carbonyl (C=O) groups excluding carboxylic acids is 4. The average molecular weight is 855 g/mol. The largest absolute Gasteiger partial charge is 0.497 e. The van der Waals surface area contributed by atoms with Gasteiger partial charge in [0.15, 0.2) is 5.69 Å². The van der Waals surface area contributed by atoms with Crippen LogP contribution in [0.3, 0.4) is 0 Å². The van der Waals surface area contributed by atoms with Gasteiger partial charge in [-0.2, -0.15) is 8.78 Å². The monoisotopic (exact) mass is 854 g/mol. The highest BCUT2D eigenvalue weighted by atomic mass is 32.2. The Morgan fingerprint density at radius 1 is 1.07 bits per heavy atom. The van der Waals surface area contributed by atoms with Gasteiger partial charge in [-0.15, -0.1) is 0 Å². The third kappa shape index (κ3) is 8.60. The van der Waals surface area contributed by atoms with Gasteiger partial charge in [-0.25, -0.2) is 32.0 Å². The molecule has 2 aliphatic heterocycles. The normalized spacial score (nSPS) is 31.1. The predicted molar refractivity (Wildman–Crippen MR) is 202 cm³/mol. The first kappa shape index (κ1) is 42.6. The molecule has 2 aromatic rings. The minimum absolute atomic E-state index is 0.0549. The van der Waals surface area contributed by atoms with Crippen molar-refractivity contribution in [1.29, 1.82) is 0 Å². The smallest absolute Gasteiger partial charge is 0.408 e. The minimum atomic E-state index is -4.21. The number of hydrogen-bond acceptors (Lipinski definition) is 11. The van der Waals surface area contributed by atoms with E-state index in [0.717, 1.165) is 4.90 Å². The Balaban J connectivity index is 1.30. The zero-order chi connectivity index (χ0) is 42.8. The summed E-state index contributed by atoms with van der Waals surface area (Å²) in [5.41, 5.74) is -3.81. The number of halogens is 4. The van der Waals surface area contributed by atoms with Crippen LogP contribution < -0.4 is 24.8 Å². The molecule has 20 heteroatoms. The van der Waals surface area contributed by atoms with Crippen molar-refractivity contribution in [2.24, 2.45) is 23.2 Å². The van der Waals surface area contributed by atoms with Crippen LogP contribution in [-0.2, 0) is 35.1 Å². The molecule has 3 aliphatic carbocycles. The van der Waals surface area contributed by atoms with Crippen LogP contribution in [0.25, 0.3) is 11.0 Å². The first-order chi connectivity index (χ1) is 27.7. The maximum absolute atomic E-state index is 16.3. The quantitative estimate of drug-likeness (QED) is 0.315. The molecule has 4 fully saturated rings. The number of aromatic nitrogens is 2. The van der Waals surface area contributed by atoms with Crippen molar-refractivity contribution in [2.45, 2.75) is 133 Å². The SMILES string of the molecule is CC[C@@H]1[C@@H]2CN(C(=O)[C@H](C(C)(C)C)NC(=O)O[C@@H]3C[C@H]3CCCCC(F)(F)c3nc4ccc(OC)cc4nc3O2)[C@@H]1C(=O)NC1(C(=O)NS(=O)(=O)C2CC2)CC1C(F)F. The molecular formula is C39H50F4N6O9S. The summed E-state index contributed by atoms with van der Waals surface area (Å²) in [5.74, 6) is -9.81. The third-order valence-electron chi connectivity index (χ3n) is 12.1. The number of ether oxygens (including phenoxy) is 3. The number of carbonyl (C=O) groups is 4. The molecule has 5 aliphatic rings. The van der Waals surface area contributed by atoms with Crippen LogP contribution in [0.15, 0.2) is 18.2 Å². The number of amides is 4. The zero-order valence-electron chi connectivity index (χ0n) is 33.4. The lowest BCUT2D eigenvalue weighted by atomic mass is 9.85. The van der Waals surface area contributed by atoms with Crippen molar-refractivity contribution >= 4 is 44.9 Å². The van der Waals surface area contributed by atoms with E-state index in [4.69, 9.17) is 14.2 Å². The lowest BCUT2D eigenvalue weighted by Crippen LogP contribution is -2.61. The van der Waals surface area contributed by atoms with E-state index in [-0.39, 0.29) is 42.6 Å². The summed E-state index contributed by atoms with van der Waals surface area (Å²) in [6.45, 7) is 6.22. The molecule has 1 aromatic heterocycles. The number of alkyl carbamates (subject to hydrolysis) is 1. The van der Waals surface area contributed by atoms with Crippen molar-refractivity contribution in [1.82, 2.24) is 30.2 Å². The predicted octanol–water partition coefficient (Wildman–Crippen LogP) is 4.57. The first-order valence-corrected chi connectivity index (χ1v) is 21.6. The van der Waals surface area contributed by atoms with Crippen molar-refractivity contribution in [2.75, 3.05) is 13.7 Å². The van der Waals surface area contributed by atoms with E-state index in [9.17, 15) is 36.4 Å². The molecule has 8 atom stereocenters. The van der Waals surface area contributed by atoms with E-state index < -0.39 is 129 Å². The Morgan fingerprint density at radius 2 is 1.80 bits per heavy atom. The number of methoxy groups -OCH3 is 1. The van der Waals surface area contributed by atoms with Crippen LogP contribution >= 0.6 is 0 Å². The fourth-order valence-corrected chi connectivity index (χ4v) is 9.70. The van der Waals surface area contributed by atoms with Gasteiger partial charge in [-0.3, -0.25) is 19.1 Å². The molecule has 1 aromatic carbocycles. The zero-order valence-corrected chi connectivity index (χ0v) is 34.3. The molecule has 2 unspecified atom stereocenters. The van der Waals surface area contributed by atoms with Gasteiger partial charge in [-0.05, 0) is 68.4 Å². The summed E-state index contributed by atoms with van der Waals surface area (Å²) < 4.78 is 106. The Labute approximate surface area is 339 Å². The Kier molecular flexibility index (Phi) is 11.2. The van der Waals surface area contributed by atoms with Crippen molar-refractivity contribution in [3.05, 3.63) is 23.9 Å². The molecule has 2 bridgehead atoms. The highest BCUT2D eigenvalue weighted by Gasteiger charge is 2.67. The molecule has 15 nitrogen and oxygen atoms in total. The molecule has 3 N–H and O–H groups in total. The maximum atomic E-state index is 16.3. The van der Waals surface area contributed by atoms with E-state index in [1.54, 1.807) is 33.8 Å². The van der Waals surface area contributed by atoms with E-state index in [1.807, 2.05) is 4.72 Å². The van der Waals surface area contributed by atoms with Crippen molar-refractivity contribution in [3.63, 3.8) is 0 Å². The lowest BCUT2D eigenvalue weighted by Gasteiger charge is -2.36. The molecule has 3 saturated carbocycles. The van der Waals surface area contributed by atoms with Crippen molar-refractivity contribution < 1.29 is 59.4 Å². The van der Waals surface area contributed by atoms with E-state index >= 15 is 8.78 Å². The van der Waals surface area contributed by atoms with Crippen LogP contribution in [0.5, 0.6) is 11.6 Å². The topological polar surface area (TPSA) is 195 Å². The second kappa shape index (κ2) is 15.5. The molecule has 7 rings (SSSR count). The summed E-state index contributed by atoms with van der Waals surface area (Å²) in [4.78, 5) is 66.1. The Hall–Kier alpha value is -4.49. The number of nitrogens with one attached hydrogen (secondary N) is 3. The summed E-state index contributed by atoms with van der Waals surface area (Å²) in [6.07, 6.45) is -4.81. The van der Waals surface area contributed by atoms with E-state index in [1.165, 1.54) is 19.2 Å². The van der Waals surface area contributed by atoms with Crippen molar-refractivity contribution in [3.8, 4) is 11.6 Å². The van der Waals surface area contributed by atoms with Crippen LogP contribution in [0, 0.1) is 23.2 Å². The fraction of sp³-hybridized carbons (Fsp3) is 0.692. The van der Waals surface area contributed by atoms with Gasteiger partial charge in [0, 0.05) is 18.4 Å². The molecular weight excluding hydrogens is 805 g/mol. The van der Waals surface area contributed by atoms with Crippen LogP contribution in [-0.4, -0.2) is 102 Å². The second-order valence-corrected chi connectivity index (χ2v) is 19.5. The number of hydrogen-bond donors (Lipinski definition) is 3. The number of benzene rings is 1. The number of sulfonamides is 1. The van der Waals surface area contributed by atoms with Gasteiger partial charge in [0.2, 0.25) is 34.1 Å². The fourth-order valence-electron chi connectivity index (χ4n) is 8.33. The van der Waals surface area contributed by atoms with Crippen LogP contribution in [0.4, 0.5) is 22.4 Å². The van der Waals surface area contributed by atoms with Gasteiger partial charge in [0.25, 0.3) is 11.8 Å². The molecule has 324 valence electrons. The number of rotatable bonds is 8. The molecule has 0 radical (unpaired) electrons. The van der Waals surface area contributed by atoms with E-state index in [2.05, 4.69) is 20.6 Å². The molecule has 0 spiro atoms. The van der Waals surface area contributed by atoms with Gasteiger partial charge in [0.1, 0.15) is 35.6 Å². The molecule has 4 amide bonds. The van der Waals surface area contributed by atoms with E-state index in [0.29, 0.717) is 25.0 Å². The number of alkyl halides is 4. The average Bonchev–Trinajstić information content (AvgIpc) is 4.07. The summed E-state index contributed by atoms with van der Waals surface area (Å²) in [6, 6.07) is 1.60. The standard InChI is InChI=1S/C39H50F4N6O9S/c1-6-22-27-18-49(28(22)32(50)47-38(17-23(38)31(40)41)35(52)48-59(54,55)21-11-12-21)34(51)30(37(2,3)4)46-36(53)58-26-15-19(26)9-7-8-14-39(42,43)29-33(57-27)45-25-16-20(56-5)10-13-24(25)44-29/h10,13,16,19,21-23,26-28,30-31H,6-9,11-12,14-15,17-18H2,1-5H3,(H,46,53)(H,47,50)(H,48,52)/t19-,22-,23?,26-,27+,28+,30-,38?/m1/s1. The molecule has 1 saturated heterocycles. The first-order valence-electron chi connectivity index (χ1n) is 20.0. The number of nitrogens with zero attached hydrogens (tertiary/aromatic N) is 3. The van der Waals surface area contributed by atoms with Crippen LogP contribution in [0.2, 0.25) is 0 Å². The minimum Gasteiger partial charge on any atom is -0.497 e. The summed E-state index contributed by atoms with van der Waals surface area (Å²) in [5, 5.41) is 4.17. The third-order valence-corrected chi connectivity index (χ3v) is 14.0. The highest BCUT2D eigenvalue weighted by Crippen LogP contribution is 2.49. The van der Waals surface area contributed by atoms with Gasteiger partial charge in [0.05, 0.1) is 35.9 Å². The number of fused-ring (bicyclic) bond motifs is 5. The van der Waals surface area contributed by atoms with Gasteiger partial charge >= 0.3 is 6.09 Å². The summed E-state index contributed by atoms with van der Waals surface area (Å²) >= 11 is 0. The Bertz CT molecular complexity index is 2120. The lowest BCUT2D eigenvalue weighted by molar-refractivity contribution is -0.144. The summed E-state index contributed by atoms with van der Waals surface area (Å²) in [7, 11) is -2.79. The highest BCUT2D eigenvalue weighted by molar-refractivity contribution is 7.91. The van der Waals surface area contributed by atoms with Gasteiger partial charge < -0.3 is 29.7 Å². The molecule has 59 heavy (non-hydrogen) atoms. The Morgan fingerprint density at radius 3 is 2.42 bits per heavy atom. The van der Waals surface area contributed by atoms with Gasteiger partial charge in [-0.1, -0.05) is 34.1 Å². The second-order valence-electron chi connectivity index (χ2n) is 17.5. The maximum Gasteiger partial charge on any atom is 0.408 e. The van der Waals surface area contributed by atoms with Crippen LogP contribution in [0.1, 0.15) is 91.2 Å². The molecule has 3 heterocycles.